The van der Waals surface area contributed by atoms with Crippen molar-refractivity contribution in [3.63, 3.8) is 0 Å². The van der Waals surface area contributed by atoms with Crippen LogP contribution in [0.5, 0.6) is 0 Å². The zero-order valence-corrected chi connectivity index (χ0v) is 30.5. The van der Waals surface area contributed by atoms with E-state index in [1.807, 2.05) is 6.08 Å². The van der Waals surface area contributed by atoms with E-state index in [0.29, 0.717) is 6.42 Å². The molecule has 268 valence electrons. The van der Waals surface area contributed by atoms with Gasteiger partial charge in [0.05, 0.1) is 18.8 Å². The monoisotopic (exact) mass is 652 g/mol. The molecule has 3 N–H and O–H groups in total. The maximum absolute atomic E-state index is 12.3. The smallest absolute Gasteiger partial charge is 0.220 e. The molecule has 0 radical (unpaired) electrons. The van der Waals surface area contributed by atoms with E-state index in [-0.39, 0.29) is 12.5 Å². The third kappa shape index (κ3) is 34.7. The number of hydrogen-bond donors (Lipinski definition) is 3. The summed E-state index contributed by atoms with van der Waals surface area (Å²) in [5.74, 6) is -0.0859. The first-order valence-electron chi connectivity index (χ1n) is 19.3. The van der Waals surface area contributed by atoms with Crippen LogP contribution >= 0.6 is 0 Å². The van der Waals surface area contributed by atoms with Crippen LogP contribution in [0.1, 0.15) is 162 Å². The summed E-state index contributed by atoms with van der Waals surface area (Å²) >= 11 is 0. The van der Waals surface area contributed by atoms with Crippen molar-refractivity contribution in [2.24, 2.45) is 0 Å². The topological polar surface area (TPSA) is 69.6 Å². The molecule has 4 heteroatoms. The van der Waals surface area contributed by atoms with Crippen LogP contribution in [-0.2, 0) is 4.79 Å². The molecule has 4 nitrogen and oxygen atoms in total. The Hall–Kier alpha value is -2.43. The average molecular weight is 652 g/mol. The van der Waals surface area contributed by atoms with Crippen molar-refractivity contribution in [3.8, 4) is 0 Å². The highest BCUT2D eigenvalue weighted by Crippen LogP contribution is 2.11. The van der Waals surface area contributed by atoms with Gasteiger partial charge in [0, 0.05) is 6.42 Å². The molecule has 0 aromatic heterocycles. The number of aliphatic hydroxyl groups is 2. The van der Waals surface area contributed by atoms with Crippen molar-refractivity contribution in [1.82, 2.24) is 5.32 Å². The highest BCUT2D eigenvalue weighted by molar-refractivity contribution is 5.76. The summed E-state index contributed by atoms with van der Waals surface area (Å²) in [5.41, 5.74) is 0. The summed E-state index contributed by atoms with van der Waals surface area (Å²) in [6.07, 6.45) is 55.3. The molecule has 0 aromatic rings. The number of aliphatic hydroxyl groups excluding tert-OH is 2. The predicted molar refractivity (Wildman–Crippen MR) is 207 cm³/mol. The predicted octanol–water partition coefficient (Wildman–Crippen LogP) is 11.7. The van der Waals surface area contributed by atoms with Crippen molar-refractivity contribution in [2.75, 3.05) is 6.61 Å². The second kappa shape index (κ2) is 38.0. The summed E-state index contributed by atoms with van der Waals surface area (Å²) in [4.78, 5) is 12.3. The fourth-order valence-electron chi connectivity index (χ4n) is 5.18. The molecule has 0 heterocycles. The molecule has 0 rings (SSSR count). The van der Waals surface area contributed by atoms with Crippen LogP contribution in [0.15, 0.2) is 85.1 Å². The standard InChI is InChI=1S/C43H73NO3/c1-3-5-7-9-11-13-15-16-17-18-19-20-21-22-23-24-25-26-27-28-29-31-33-35-37-39-43(47)44-41(40-45)42(46)38-36-34-32-30-14-12-10-8-6-4-2/h5,7,11,13,16-17,19-20,22-23,25-26,36,38,41-42,45-46H,3-4,6,8-10,12,14-15,18,21,24,27-35,37,39-40H2,1-2H3,(H,44,47)/b7-5-,13-11-,17-16-,20-19-,23-22-,26-25-,38-36+. The van der Waals surface area contributed by atoms with Gasteiger partial charge < -0.3 is 15.5 Å². The molecule has 0 aliphatic carbocycles. The van der Waals surface area contributed by atoms with Gasteiger partial charge in [-0.05, 0) is 70.6 Å². The Bertz CT molecular complexity index is 879. The van der Waals surface area contributed by atoms with E-state index in [9.17, 15) is 15.0 Å². The van der Waals surface area contributed by atoms with Gasteiger partial charge in [-0.25, -0.2) is 0 Å². The summed E-state index contributed by atoms with van der Waals surface area (Å²) in [7, 11) is 0. The van der Waals surface area contributed by atoms with Crippen molar-refractivity contribution in [1.29, 1.82) is 0 Å². The fraction of sp³-hybridized carbons (Fsp3) is 0.651. The van der Waals surface area contributed by atoms with Crippen molar-refractivity contribution >= 4 is 5.91 Å². The Labute approximate surface area is 291 Å². The van der Waals surface area contributed by atoms with E-state index in [4.69, 9.17) is 0 Å². The first-order chi connectivity index (χ1) is 23.2. The lowest BCUT2D eigenvalue weighted by Gasteiger charge is -2.20. The third-order valence-electron chi connectivity index (χ3n) is 8.13. The number of allylic oxidation sites excluding steroid dienone is 13. The Morgan fingerprint density at radius 1 is 0.532 bits per heavy atom. The SMILES string of the molecule is CC/C=C\C/C=C\C/C=C\C/C=C\C/C=C\C/C=C\CCCCCCCCC(=O)NC(CO)C(O)/C=C/CCCCCCCCCC. The average Bonchev–Trinajstić information content (AvgIpc) is 3.07. The van der Waals surface area contributed by atoms with Gasteiger partial charge in [0.1, 0.15) is 0 Å². The maximum atomic E-state index is 12.3. The largest absolute Gasteiger partial charge is 0.394 e. The molecule has 0 fully saturated rings. The molecule has 2 atom stereocenters. The molecule has 0 aromatic carbocycles. The minimum absolute atomic E-state index is 0.0859. The van der Waals surface area contributed by atoms with Crippen LogP contribution in [0, 0.1) is 0 Å². The van der Waals surface area contributed by atoms with Crippen molar-refractivity contribution < 1.29 is 15.0 Å². The van der Waals surface area contributed by atoms with Gasteiger partial charge in [-0.2, -0.15) is 0 Å². The molecule has 47 heavy (non-hydrogen) atoms. The Morgan fingerprint density at radius 3 is 1.40 bits per heavy atom. The van der Waals surface area contributed by atoms with Gasteiger partial charge >= 0.3 is 0 Å². The highest BCUT2D eigenvalue weighted by Gasteiger charge is 2.17. The number of unbranched alkanes of at least 4 members (excludes halogenated alkanes) is 14. The molecule has 0 saturated heterocycles. The van der Waals surface area contributed by atoms with E-state index in [0.717, 1.165) is 77.0 Å². The summed E-state index contributed by atoms with van der Waals surface area (Å²) < 4.78 is 0. The minimum atomic E-state index is -0.848. The van der Waals surface area contributed by atoms with Crippen LogP contribution < -0.4 is 5.32 Å². The van der Waals surface area contributed by atoms with Gasteiger partial charge in [0.25, 0.3) is 0 Å². The summed E-state index contributed by atoms with van der Waals surface area (Å²) in [6.45, 7) is 4.14. The molecule has 0 aliphatic heterocycles. The Kier molecular flexibility index (Phi) is 36.1. The van der Waals surface area contributed by atoms with E-state index < -0.39 is 12.1 Å². The van der Waals surface area contributed by atoms with E-state index >= 15 is 0 Å². The molecule has 0 aliphatic rings. The number of rotatable bonds is 33. The summed E-state index contributed by atoms with van der Waals surface area (Å²) in [6, 6.07) is -0.633. The number of carbonyl (C=O) groups is 1. The lowest BCUT2D eigenvalue weighted by molar-refractivity contribution is -0.123. The van der Waals surface area contributed by atoms with Gasteiger partial charge in [-0.15, -0.1) is 0 Å². The molecular formula is C43H73NO3. The quantitative estimate of drug-likeness (QED) is 0.0488. The second-order valence-corrected chi connectivity index (χ2v) is 12.6. The third-order valence-corrected chi connectivity index (χ3v) is 8.13. The van der Waals surface area contributed by atoms with Gasteiger partial charge in [0.15, 0.2) is 0 Å². The first-order valence-corrected chi connectivity index (χ1v) is 19.3. The molecule has 2 unspecified atom stereocenters. The maximum Gasteiger partial charge on any atom is 0.220 e. The summed E-state index contributed by atoms with van der Waals surface area (Å²) in [5, 5.41) is 22.8. The molecule has 0 spiro atoms. The van der Waals surface area contributed by atoms with Crippen LogP contribution in [0.4, 0.5) is 0 Å². The molecule has 1 amide bonds. The Balaban J connectivity index is 3.68. The number of carbonyl (C=O) groups excluding carboxylic acids is 1. The van der Waals surface area contributed by atoms with Crippen LogP contribution in [0.25, 0.3) is 0 Å². The lowest BCUT2D eigenvalue weighted by Crippen LogP contribution is -2.45. The van der Waals surface area contributed by atoms with Crippen molar-refractivity contribution in [3.05, 3.63) is 85.1 Å². The van der Waals surface area contributed by atoms with Crippen LogP contribution in [0.2, 0.25) is 0 Å². The number of amides is 1. The number of hydrogen-bond acceptors (Lipinski definition) is 3. The lowest BCUT2D eigenvalue weighted by atomic mass is 10.1. The second-order valence-electron chi connectivity index (χ2n) is 12.6. The fourth-order valence-corrected chi connectivity index (χ4v) is 5.18. The van der Waals surface area contributed by atoms with E-state index in [2.05, 4.69) is 92.1 Å². The molecule has 0 saturated carbocycles. The highest BCUT2D eigenvalue weighted by atomic mass is 16.3. The van der Waals surface area contributed by atoms with Crippen LogP contribution in [-0.4, -0.2) is 34.9 Å². The molecular weight excluding hydrogens is 578 g/mol. The van der Waals surface area contributed by atoms with Gasteiger partial charge in [0.2, 0.25) is 5.91 Å². The molecule has 0 bridgehead atoms. The number of nitrogens with one attached hydrogen (secondary N) is 1. The Morgan fingerprint density at radius 2 is 0.936 bits per heavy atom. The minimum Gasteiger partial charge on any atom is -0.394 e. The van der Waals surface area contributed by atoms with Crippen LogP contribution in [0.3, 0.4) is 0 Å². The zero-order chi connectivity index (χ0) is 34.3. The van der Waals surface area contributed by atoms with E-state index in [1.165, 1.54) is 64.2 Å². The normalized spacial score (nSPS) is 14.0. The van der Waals surface area contributed by atoms with Gasteiger partial charge in [-0.1, -0.05) is 170 Å². The van der Waals surface area contributed by atoms with Gasteiger partial charge in [-0.3, -0.25) is 4.79 Å². The van der Waals surface area contributed by atoms with Crippen molar-refractivity contribution in [2.45, 2.75) is 174 Å². The first kappa shape index (κ1) is 44.6. The van der Waals surface area contributed by atoms with E-state index in [1.54, 1.807) is 6.08 Å². The zero-order valence-electron chi connectivity index (χ0n) is 30.5.